The van der Waals surface area contributed by atoms with E-state index in [1.807, 2.05) is 26.8 Å². The van der Waals surface area contributed by atoms with Gasteiger partial charge < -0.3 is 4.74 Å². The SMILES string of the molecule is CCCC=Cc1c(C)nc(C(C)C)c(C(=O)OCC)c1-c1ccc(F)cc1. The highest BCUT2D eigenvalue weighted by Crippen LogP contribution is 2.35. The number of carbonyl (C=O) groups excluding carboxylic acids is 1. The normalized spacial score (nSPS) is 11.4. The topological polar surface area (TPSA) is 39.2 Å². The highest BCUT2D eigenvalue weighted by atomic mass is 19.1. The van der Waals surface area contributed by atoms with Crippen molar-refractivity contribution in [3.63, 3.8) is 0 Å². The summed E-state index contributed by atoms with van der Waals surface area (Å²) in [5.41, 5.74) is 4.44. The lowest BCUT2D eigenvalue weighted by molar-refractivity contribution is 0.0525. The van der Waals surface area contributed by atoms with E-state index in [-0.39, 0.29) is 18.3 Å². The third-order valence-electron chi connectivity index (χ3n) is 4.35. The van der Waals surface area contributed by atoms with Crippen LogP contribution in [0.3, 0.4) is 0 Å². The molecular weight excluding hydrogens is 341 g/mol. The molecule has 4 heteroatoms. The van der Waals surface area contributed by atoms with Crippen molar-refractivity contribution < 1.29 is 13.9 Å². The second-order valence-electron chi connectivity index (χ2n) is 6.82. The smallest absolute Gasteiger partial charge is 0.340 e. The molecule has 27 heavy (non-hydrogen) atoms. The maximum Gasteiger partial charge on any atom is 0.340 e. The summed E-state index contributed by atoms with van der Waals surface area (Å²) in [6, 6.07) is 6.23. The van der Waals surface area contributed by atoms with Gasteiger partial charge in [0.2, 0.25) is 0 Å². The molecule has 0 amide bonds. The molecule has 0 saturated heterocycles. The molecule has 0 aliphatic rings. The number of rotatable bonds is 7. The Kier molecular flexibility index (Phi) is 7.28. The fourth-order valence-electron chi connectivity index (χ4n) is 3.06. The number of ether oxygens (including phenoxy) is 1. The number of esters is 1. The summed E-state index contributed by atoms with van der Waals surface area (Å²) >= 11 is 0. The molecule has 0 aliphatic carbocycles. The average Bonchev–Trinajstić information content (AvgIpc) is 2.63. The predicted octanol–water partition coefficient (Wildman–Crippen LogP) is 6.31. The van der Waals surface area contributed by atoms with Gasteiger partial charge in [-0.3, -0.25) is 4.98 Å². The van der Waals surface area contributed by atoms with Gasteiger partial charge in [0, 0.05) is 16.8 Å². The van der Waals surface area contributed by atoms with Crippen LogP contribution in [0.25, 0.3) is 17.2 Å². The van der Waals surface area contributed by atoms with E-state index in [0.717, 1.165) is 35.2 Å². The lowest BCUT2D eigenvalue weighted by Gasteiger charge is -2.20. The molecule has 144 valence electrons. The molecule has 0 fully saturated rings. The molecule has 1 heterocycles. The summed E-state index contributed by atoms with van der Waals surface area (Å²) in [5, 5.41) is 0. The van der Waals surface area contributed by atoms with Gasteiger partial charge in [-0.15, -0.1) is 0 Å². The second kappa shape index (κ2) is 9.45. The molecule has 0 saturated carbocycles. The average molecular weight is 369 g/mol. The van der Waals surface area contributed by atoms with Crippen molar-refractivity contribution in [2.45, 2.75) is 53.4 Å². The van der Waals surface area contributed by atoms with E-state index in [4.69, 9.17) is 9.72 Å². The Hall–Kier alpha value is -2.49. The van der Waals surface area contributed by atoms with Crippen molar-refractivity contribution in [2.75, 3.05) is 6.61 Å². The van der Waals surface area contributed by atoms with Gasteiger partial charge in [-0.1, -0.05) is 51.5 Å². The molecule has 2 rings (SSSR count). The van der Waals surface area contributed by atoms with Crippen molar-refractivity contribution >= 4 is 12.0 Å². The van der Waals surface area contributed by atoms with E-state index in [9.17, 15) is 9.18 Å². The molecule has 3 nitrogen and oxygen atoms in total. The van der Waals surface area contributed by atoms with E-state index >= 15 is 0 Å². The van der Waals surface area contributed by atoms with Gasteiger partial charge in [-0.2, -0.15) is 0 Å². The van der Waals surface area contributed by atoms with E-state index < -0.39 is 5.97 Å². The summed E-state index contributed by atoms with van der Waals surface area (Å²) in [6.45, 7) is 10.1. The number of unbranched alkanes of at least 4 members (excludes halogenated alkanes) is 1. The first-order chi connectivity index (χ1) is 12.9. The molecular formula is C23H28FNO2. The van der Waals surface area contributed by atoms with Gasteiger partial charge in [0.05, 0.1) is 17.9 Å². The molecule has 2 aromatic rings. The Morgan fingerprint density at radius 2 is 1.89 bits per heavy atom. The van der Waals surface area contributed by atoms with E-state index in [1.54, 1.807) is 19.1 Å². The fourth-order valence-corrected chi connectivity index (χ4v) is 3.06. The van der Waals surface area contributed by atoms with Gasteiger partial charge in [0.1, 0.15) is 5.82 Å². The predicted molar refractivity (Wildman–Crippen MR) is 108 cm³/mol. The number of aryl methyl sites for hydroxylation is 1. The Bertz CT molecular complexity index is 823. The van der Waals surface area contributed by atoms with Crippen molar-refractivity contribution in [2.24, 2.45) is 0 Å². The molecule has 1 aromatic carbocycles. The minimum Gasteiger partial charge on any atom is -0.462 e. The van der Waals surface area contributed by atoms with Crippen molar-refractivity contribution in [1.29, 1.82) is 0 Å². The van der Waals surface area contributed by atoms with Crippen LogP contribution in [0, 0.1) is 12.7 Å². The number of halogens is 1. The summed E-state index contributed by atoms with van der Waals surface area (Å²) in [7, 11) is 0. The number of allylic oxidation sites excluding steroid dienone is 1. The van der Waals surface area contributed by atoms with Gasteiger partial charge >= 0.3 is 5.97 Å². The maximum atomic E-state index is 13.5. The highest BCUT2D eigenvalue weighted by molar-refractivity contribution is 6.01. The van der Waals surface area contributed by atoms with Crippen LogP contribution in [0.5, 0.6) is 0 Å². The first-order valence-corrected chi connectivity index (χ1v) is 9.54. The van der Waals surface area contributed by atoms with Crippen LogP contribution >= 0.6 is 0 Å². The zero-order chi connectivity index (χ0) is 20.0. The number of carbonyl (C=O) groups is 1. The van der Waals surface area contributed by atoms with Crippen molar-refractivity contribution in [3.8, 4) is 11.1 Å². The number of benzene rings is 1. The first-order valence-electron chi connectivity index (χ1n) is 9.54. The number of nitrogens with zero attached hydrogens (tertiary/aromatic N) is 1. The molecule has 0 aliphatic heterocycles. The lowest BCUT2D eigenvalue weighted by Crippen LogP contribution is -2.15. The van der Waals surface area contributed by atoms with Gasteiger partial charge in [-0.05, 0) is 43.9 Å². The fraction of sp³-hybridized carbons (Fsp3) is 0.391. The van der Waals surface area contributed by atoms with E-state index in [0.29, 0.717) is 11.3 Å². The third-order valence-corrected chi connectivity index (χ3v) is 4.35. The molecule has 0 atom stereocenters. The molecule has 0 bridgehead atoms. The monoisotopic (exact) mass is 369 g/mol. The van der Waals surface area contributed by atoms with Gasteiger partial charge in [0.25, 0.3) is 0 Å². The Morgan fingerprint density at radius 3 is 2.44 bits per heavy atom. The Balaban J connectivity index is 2.85. The summed E-state index contributed by atoms with van der Waals surface area (Å²) in [5.74, 6) is -0.650. The van der Waals surface area contributed by atoms with Crippen LogP contribution in [-0.4, -0.2) is 17.6 Å². The van der Waals surface area contributed by atoms with Crippen molar-refractivity contribution in [1.82, 2.24) is 4.98 Å². The molecule has 0 unspecified atom stereocenters. The van der Waals surface area contributed by atoms with Crippen LogP contribution in [0.2, 0.25) is 0 Å². The highest BCUT2D eigenvalue weighted by Gasteiger charge is 2.25. The van der Waals surface area contributed by atoms with Gasteiger partial charge in [-0.25, -0.2) is 9.18 Å². The summed E-state index contributed by atoms with van der Waals surface area (Å²) in [4.78, 5) is 17.6. The molecule has 1 aromatic heterocycles. The molecule has 0 radical (unpaired) electrons. The molecule has 0 spiro atoms. The number of hydrogen-bond acceptors (Lipinski definition) is 3. The van der Waals surface area contributed by atoms with Crippen LogP contribution in [0.1, 0.15) is 73.8 Å². The zero-order valence-corrected chi connectivity index (χ0v) is 16.8. The maximum absolute atomic E-state index is 13.5. The van der Waals surface area contributed by atoms with Crippen LogP contribution in [0.15, 0.2) is 30.3 Å². The number of aromatic nitrogens is 1. The quantitative estimate of drug-likeness (QED) is 0.537. The third kappa shape index (κ3) is 4.82. The minimum absolute atomic E-state index is 0.0518. The zero-order valence-electron chi connectivity index (χ0n) is 16.8. The minimum atomic E-state index is -0.391. The molecule has 0 N–H and O–H groups in total. The largest absolute Gasteiger partial charge is 0.462 e. The summed E-state index contributed by atoms with van der Waals surface area (Å²) < 4.78 is 18.8. The standard InChI is InChI=1S/C23H28FNO2/c1-6-8-9-10-19-16(5)25-22(15(3)4)21(23(26)27-7-2)20(19)17-11-13-18(24)14-12-17/h9-15H,6-8H2,1-5H3. The summed E-state index contributed by atoms with van der Waals surface area (Å²) in [6.07, 6.45) is 6.06. The van der Waals surface area contributed by atoms with Crippen LogP contribution in [-0.2, 0) is 4.74 Å². The lowest BCUT2D eigenvalue weighted by atomic mass is 9.89. The van der Waals surface area contributed by atoms with E-state index in [2.05, 4.69) is 13.0 Å². The number of hydrogen-bond donors (Lipinski definition) is 0. The van der Waals surface area contributed by atoms with Gasteiger partial charge in [0.15, 0.2) is 0 Å². The Labute approximate surface area is 161 Å². The van der Waals surface area contributed by atoms with E-state index in [1.165, 1.54) is 12.1 Å². The van der Waals surface area contributed by atoms with Crippen LogP contribution in [0.4, 0.5) is 4.39 Å². The number of pyridine rings is 1. The first kappa shape index (κ1) is 20.8. The van der Waals surface area contributed by atoms with Crippen molar-refractivity contribution in [3.05, 3.63) is 58.7 Å². The Morgan fingerprint density at radius 1 is 1.22 bits per heavy atom. The van der Waals surface area contributed by atoms with Crippen LogP contribution < -0.4 is 0 Å². The second-order valence-corrected chi connectivity index (χ2v) is 6.82.